The summed E-state index contributed by atoms with van der Waals surface area (Å²) in [5, 5.41) is 0. The van der Waals surface area contributed by atoms with Crippen LogP contribution in [0.3, 0.4) is 0 Å². The molecule has 1 nitrogen and oxygen atoms in total. The van der Waals surface area contributed by atoms with Crippen molar-refractivity contribution in [3.05, 3.63) is 24.0 Å². The van der Waals surface area contributed by atoms with Gasteiger partial charge in [-0.15, -0.1) is 0 Å². The van der Waals surface area contributed by atoms with E-state index in [4.69, 9.17) is 0 Å². The molecule has 0 aliphatic carbocycles. The van der Waals surface area contributed by atoms with Crippen molar-refractivity contribution in [3.8, 4) is 0 Å². The van der Waals surface area contributed by atoms with E-state index in [1.165, 1.54) is 108 Å². The minimum absolute atomic E-state index is 0.994. The molecular formula is C23H43N. The molecule has 1 unspecified atom stereocenters. The summed E-state index contributed by atoms with van der Waals surface area (Å²) >= 11 is 0. The van der Waals surface area contributed by atoms with Gasteiger partial charge in [0.15, 0.2) is 0 Å². The van der Waals surface area contributed by atoms with E-state index in [2.05, 4.69) is 31.0 Å². The Morgan fingerprint density at radius 1 is 0.750 bits per heavy atom. The molecule has 1 rings (SSSR count). The summed E-state index contributed by atoms with van der Waals surface area (Å²) < 4.78 is 0. The predicted octanol–water partition coefficient (Wildman–Crippen LogP) is 8.06. The zero-order valence-electron chi connectivity index (χ0n) is 16.6. The van der Waals surface area contributed by atoms with E-state index < -0.39 is 0 Å². The van der Waals surface area contributed by atoms with E-state index in [0.29, 0.717) is 0 Å². The first kappa shape index (κ1) is 21.3. The lowest BCUT2D eigenvalue weighted by atomic mass is 9.92. The highest BCUT2D eigenvalue weighted by Gasteiger charge is 2.06. The maximum absolute atomic E-state index is 3.30. The van der Waals surface area contributed by atoms with Crippen LogP contribution >= 0.6 is 0 Å². The quantitative estimate of drug-likeness (QED) is 0.277. The monoisotopic (exact) mass is 333 g/mol. The molecule has 0 saturated heterocycles. The lowest BCUT2D eigenvalue weighted by molar-refractivity contribution is 0.393. The van der Waals surface area contributed by atoms with Gasteiger partial charge in [0.2, 0.25) is 0 Å². The Morgan fingerprint density at radius 3 is 1.88 bits per heavy atom. The number of hydrogen-bond donors (Lipinski definition) is 1. The van der Waals surface area contributed by atoms with Crippen molar-refractivity contribution >= 4 is 0 Å². The van der Waals surface area contributed by atoms with Crippen LogP contribution in [0.5, 0.6) is 0 Å². The van der Waals surface area contributed by atoms with E-state index >= 15 is 0 Å². The average molecular weight is 334 g/mol. The van der Waals surface area contributed by atoms with Crippen molar-refractivity contribution in [1.82, 2.24) is 4.98 Å². The number of aromatic nitrogens is 1. The highest BCUT2D eigenvalue weighted by atomic mass is 14.7. The smallest absolute Gasteiger partial charge is 0.0147 e. The number of unbranched alkanes of at least 4 members (excludes halogenated alkanes) is 10. The number of hydrogen-bond acceptors (Lipinski definition) is 0. The molecule has 24 heavy (non-hydrogen) atoms. The Balaban J connectivity index is 1.87. The van der Waals surface area contributed by atoms with Crippen LogP contribution in [0.15, 0.2) is 18.3 Å². The van der Waals surface area contributed by atoms with Gasteiger partial charge in [-0.3, -0.25) is 0 Å². The molecule has 1 heteroatoms. The predicted molar refractivity (Wildman–Crippen MR) is 109 cm³/mol. The van der Waals surface area contributed by atoms with Crippen LogP contribution in [0.1, 0.15) is 116 Å². The van der Waals surface area contributed by atoms with Crippen molar-refractivity contribution in [1.29, 1.82) is 0 Å². The van der Waals surface area contributed by atoms with Crippen LogP contribution in [0.2, 0.25) is 0 Å². The van der Waals surface area contributed by atoms with Crippen molar-refractivity contribution in [2.24, 2.45) is 5.92 Å². The number of rotatable bonds is 17. The first-order chi connectivity index (χ1) is 11.9. The van der Waals surface area contributed by atoms with Crippen molar-refractivity contribution in [3.63, 3.8) is 0 Å². The van der Waals surface area contributed by atoms with Gasteiger partial charge in [-0.25, -0.2) is 0 Å². The van der Waals surface area contributed by atoms with Crippen molar-refractivity contribution in [2.45, 2.75) is 117 Å². The fourth-order valence-corrected chi connectivity index (χ4v) is 3.74. The van der Waals surface area contributed by atoms with E-state index in [1.54, 1.807) is 0 Å². The Hall–Kier alpha value is -0.720. The minimum Gasteiger partial charge on any atom is -0.365 e. The molecule has 1 atom stereocenters. The molecule has 0 aliphatic heterocycles. The Labute approximate surface area is 152 Å². The molecule has 0 saturated carbocycles. The third-order valence-corrected chi connectivity index (χ3v) is 5.51. The molecule has 140 valence electrons. The number of aryl methyl sites for hydroxylation is 1. The summed E-state index contributed by atoms with van der Waals surface area (Å²) in [7, 11) is 0. The maximum Gasteiger partial charge on any atom is 0.0147 e. The van der Waals surface area contributed by atoms with Gasteiger partial charge < -0.3 is 4.98 Å². The van der Waals surface area contributed by atoms with E-state index in [-0.39, 0.29) is 0 Å². The van der Waals surface area contributed by atoms with Crippen LogP contribution in [0, 0.1) is 5.92 Å². The molecule has 0 amide bonds. The molecule has 1 aromatic heterocycles. The third kappa shape index (κ3) is 11.8. The lowest BCUT2D eigenvalue weighted by Crippen LogP contribution is -1.99. The van der Waals surface area contributed by atoms with Gasteiger partial charge in [-0.2, -0.15) is 0 Å². The largest absolute Gasteiger partial charge is 0.365 e. The second kappa shape index (κ2) is 15.8. The Kier molecular flexibility index (Phi) is 14.0. The highest BCUT2D eigenvalue weighted by Crippen LogP contribution is 2.21. The van der Waals surface area contributed by atoms with Crippen molar-refractivity contribution < 1.29 is 0 Å². The van der Waals surface area contributed by atoms with Crippen LogP contribution in [-0.2, 0) is 6.42 Å². The molecule has 1 heterocycles. The zero-order chi connectivity index (χ0) is 17.3. The molecule has 0 fully saturated rings. The van der Waals surface area contributed by atoms with E-state index in [0.717, 1.165) is 5.92 Å². The molecular weight excluding hydrogens is 290 g/mol. The van der Waals surface area contributed by atoms with Crippen LogP contribution in [0.25, 0.3) is 0 Å². The van der Waals surface area contributed by atoms with Gasteiger partial charge >= 0.3 is 0 Å². The molecule has 0 aliphatic rings. The Morgan fingerprint density at radius 2 is 1.33 bits per heavy atom. The summed E-state index contributed by atoms with van der Waals surface area (Å²) in [6.07, 6.45) is 24.8. The second-order valence-electron chi connectivity index (χ2n) is 7.69. The molecule has 1 N–H and O–H groups in total. The normalized spacial score (nSPS) is 12.6. The summed E-state index contributed by atoms with van der Waals surface area (Å²) in [6, 6.07) is 4.31. The van der Waals surface area contributed by atoms with Crippen molar-refractivity contribution in [2.75, 3.05) is 0 Å². The molecule has 0 spiro atoms. The summed E-state index contributed by atoms with van der Waals surface area (Å²) in [5.41, 5.74) is 1.40. The van der Waals surface area contributed by atoms with Gasteiger partial charge in [-0.05, 0) is 30.9 Å². The fourth-order valence-electron chi connectivity index (χ4n) is 3.74. The molecule has 0 aromatic carbocycles. The van der Waals surface area contributed by atoms with Gasteiger partial charge in [-0.1, -0.05) is 104 Å². The fraction of sp³-hybridized carbons (Fsp3) is 0.826. The topological polar surface area (TPSA) is 15.8 Å². The maximum atomic E-state index is 3.30. The SMILES string of the molecule is CCCCCCCCCCC(CC)CCCCCCc1ccc[nH]1. The molecule has 0 radical (unpaired) electrons. The van der Waals surface area contributed by atoms with Gasteiger partial charge in [0.1, 0.15) is 0 Å². The molecule has 1 aromatic rings. The van der Waals surface area contributed by atoms with Crippen LogP contribution in [-0.4, -0.2) is 4.98 Å². The average Bonchev–Trinajstić information content (AvgIpc) is 3.11. The van der Waals surface area contributed by atoms with E-state index in [9.17, 15) is 0 Å². The lowest BCUT2D eigenvalue weighted by Gasteiger charge is -2.14. The zero-order valence-corrected chi connectivity index (χ0v) is 16.6. The number of aromatic amines is 1. The van der Waals surface area contributed by atoms with Gasteiger partial charge in [0.25, 0.3) is 0 Å². The van der Waals surface area contributed by atoms with E-state index in [1.807, 2.05) is 6.20 Å². The third-order valence-electron chi connectivity index (χ3n) is 5.51. The minimum atomic E-state index is 0.994. The summed E-state index contributed by atoms with van der Waals surface area (Å²) in [4.78, 5) is 3.30. The first-order valence-corrected chi connectivity index (χ1v) is 11.0. The first-order valence-electron chi connectivity index (χ1n) is 11.0. The number of H-pyrrole nitrogens is 1. The summed E-state index contributed by atoms with van der Waals surface area (Å²) in [6.45, 7) is 4.69. The van der Waals surface area contributed by atoms with Crippen LogP contribution < -0.4 is 0 Å². The highest BCUT2D eigenvalue weighted by molar-refractivity contribution is 5.03. The van der Waals surface area contributed by atoms with Crippen LogP contribution in [0.4, 0.5) is 0 Å². The number of nitrogens with one attached hydrogen (secondary N) is 1. The second-order valence-corrected chi connectivity index (χ2v) is 7.69. The Bertz CT molecular complexity index is 341. The van der Waals surface area contributed by atoms with Gasteiger partial charge in [0, 0.05) is 11.9 Å². The summed E-state index contributed by atoms with van der Waals surface area (Å²) in [5.74, 6) is 0.994. The molecule has 0 bridgehead atoms. The van der Waals surface area contributed by atoms with Gasteiger partial charge in [0.05, 0.1) is 0 Å². The standard InChI is InChI=1S/C23H43N/c1-3-5-6-7-8-9-10-13-17-22(4-2)18-14-11-12-15-19-23-20-16-21-24-23/h16,20-22,24H,3-15,17-19H2,1-2H3.